The molecular formula is C15H21NS. The predicted octanol–water partition coefficient (Wildman–Crippen LogP) is 4.18. The molecule has 5 rings (SSSR count). The second-order valence-corrected chi connectivity index (χ2v) is 7.92. The lowest BCUT2D eigenvalue weighted by Crippen LogP contribution is -2.43. The maximum Gasteiger partial charge on any atom is 0.0894 e. The molecule has 0 saturated heterocycles. The van der Waals surface area contributed by atoms with Crippen LogP contribution in [0.2, 0.25) is 0 Å². The summed E-state index contributed by atoms with van der Waals surface area (Å²) in [5.41, 5.74) is 7.75. The largest absolute Gasteiger partial charge is 0.390 e. The monoisotopic (exact) mass is 247 g/mol. The summed E-state index contributed by atoms with van der Waals surface area (Å²) in [7, 11) is 0. The second kappa shape index (κ2) is 3.50. The van der Waals surface area contributed by atoms with Gasteiger partial charge in [0.2, 0.25) is 0 Å². The van der Waals surface area contributed by atoms with E-state index < -0.39 is 0 Å². The highest BCUT2D eigenvalue weighted by Gasteiger charge is 2.49. The van der Waals surface area contributed by atoms with Gasteiger partial charge in [0.1, 0.15) is 0 Å². The molecule has 4 aliphatic carbocycles. The molecule has 17 heavy (non-hydrogen) atoms. The summed E-state index contributed by atoms with van der Waals surface area (Å²) in [5, 5.41) is 1.11. The van der Waals surface area contributed by atoms with E-state index in [1.807, 2.05) is 0 Å². The fourth-order valence-electron chi connectivity index (χ4n) is 5.25. The predicted molar refractivity (Wildman–Crippen MR) is 73.3 cm³/mol. The maximum absolute atomic E-state index is 6.24. The van der Waals surface area contributed by atoms with Gasteiger partial charge in [0.15, 0.2) is 0 Å². The average molecular weight is 247 g/mol. The first-order valence-corrected chi connectivity index (χ1v) is 7.88. The van der Waals surface area contributed by atoms with E-state index in [1.54, 1.807) is 11.3 Å². The second-order valence-electron chi connectivity index (χ2n) is 6.63. The first-order chi connectivity index (χ1) is 8.20. The van der Waals surface area contributed by atoms with Crippen LogP contribution in [0.4, 0.5) is 5.00 Å². The molecule has 0 atom stereocenters. The summed E-state index contributed by atoms with van der Waals surface area (Å²) in [6.07, 6.45) is 7.51. The molecule has 4 bridgehead atoms. The van der Waals surface area contributed by atoms with Crippen molar-refractivity contribution < 1.29 is 0 Å². The summed E-state index contributed by atoms with van der Waals surface area (Å²) >= 11 is 1.79. The van der Waals surface area contributed by atoms with Gasteiger partial charge in [-0.1, -0.05) is 0 Å². The lowest BCUT2D eigenvalue weighted by atomic mass is 9.51. The molecule has 4 fully saturated rings. The Balaban J connectivity index is 1.72. The maximum atomic E-state index is 6.24. The van der Waals surface area contributed by atoms with Crippen molar-refractivity contribution in [1.82, 2.24) is 0 Å². The molecule has 1 heterocycles. The molecule has 2 heteroatoms. The van der Waals surface area contributed by atoms with Gasteiger partial charge in [-0.2, -0.15) is 0 Å². The topological polar surface area (TPSA) is 26.0 Å². The zero-order valence-electron chi connectivity index (χ0n) is 10.5. The van der Waals surface area contributed by atoms with Crippen molar-refractivity contribution in [2.45, 2.75) is 44.9 Å². The summed E-state index contributed by atoms with van der Waals surface area (Å²) < 4.78 is 0. The van der Waals surface area contributed by atoms with Crippen LogP contribution in [0.1, 0.15) is 48.5 Å². The van der Waals surface area contributed by atoms with Crippen molar-refractivity contribution in [3.63, 3.8) is 0 Å². The first-order valence-electron chi connectivity index (χ1n) is 7.06. The van der Waals surface area contributed by atoms with Crippen LogP contribution in [0.25, 0.3) is 0 Å². The normalized spacial score (nSPS) is 43.2. The Bertz CT molecular complexity index is 420. The molecule has 1 nitrogen and oxygen atoms in total. The molecule has 4 saturated carbocycles. The quantitative estimate of drug-likeness (QED) is 0.791. The van der Waals surface area contributed by atoms with Gasteiger partial charge in [-0.25, -0.2) is 0 Å². The molecule has 92 valence electrons. The number of thiophene rings is 1. The minimum Gasteiger partial charge on any atom is -0.390 e. The van der Waals surface area contributed by atoms with Gasteiger partial charge in [0.25, 0.3) is 0 Å². The van der Waals surface area contributed by atoms with E-state index >= 15 is 0 Å². The minimum absolute atomic E-state index is 0.813. The Morgan fingerprint density at radius 2 is 1.65 bits per heavy atom. The number of anilines is 1. The zero-order valence-corrected chi connectivity index (χ0v) is 11.3. The fourth-order valence-corrected chi connectivity index (χ4v) is 6.09. The average Bonchev–Trinajstić information content (AvgIpc) is 2.56. The van der Waals surface area contributed by atoms with Gasteiger partial charge in [-0.3, -0.25) is 0 Å². The number of nitrogens with two attached hydrogens (primary N) is 1. The van der Waals surface area contributed by atoms with Crippen LogP contribution in [0.5, 0.6) is 0 Å². The van der Waals surface area contributed by atoms with Crippen LogP contribution in [0.3, 0.4) is 0 Å². The Morgan fingerprint density at radius 1 is 1.06 bits per heavy atom. The van der Waals surface area contributed by atoms with Crippen LogP contribution in [0, 0.1) is 30.6 Å². The third-order valence-electron chi connectivity index (χ3n) is 5.50. The molecule has 2 N–H and O–H groups in total. The first kappa shape index (κ1) is 10.4. The van der Waals surface area contributed by atoms with Crippen molar-refractivity contribution in [1.29, 1.82) is 0 Å². The van der Waals surface area contributed by atoms with Crippen LogP contribution < -0.4 is 5.73 Å². The van der Waals surface area contributed by atoms with Gasteiger partial charge in [-0.15, -0.1) is 11.3 Å². The van der Waals surface area contributed by atoms with Crippen LogP contribution in [-0.2, 0) is 0 Å². The Labute approximate surface area is 107 Å². The summed E-state index contributed by atoms with van der Waals surface area (Å²) in [4.78, 5) is 1.39. The van der Waals surface area contributed by atoms with E-state index in [1.165, 1.54) is 42.5 Å². The molecule has 0 aliphatic heterocycles. The number of rotatable bonds is 1. The standard InChI is InChI=1S/C15H21NS/c1-8-2-13(15(16)17-8)14-11-4-9-3-10(6-11)7-12(14)5-9/h2,9-12,14H,3-7,16H2,1H3. The minimum atomic E-state index is 0.813. The number of hydrogen-bond donors (Lipinski definition) is 1. The molecule has 4 aliphatic rings. The molecule has 0 aromatic carbocycles. The van der Waals surface area contributed by atoms with Crippen molar-refractivity contribution in [2.75, 3.05) is 5.73 Å². The van der Waals surface area contributed by atoms with E-state index in [2.05, 4.69) is 13.0 Å². The van der Waals surface area contributed by atoms with Gasteiger partial charge < -0.3 is 5.73 Å². The number of hydrogen-bond acceptors (Lipinski definition) is 2. The van der Waals surface area contributed by atoms with E-state index in [9.17, 15) is 0 Å². The number of aryl methyl sites for hydroxylation is 1. The molecular weight excluding hydrogens is 226 g/mol. The smallest absolute Gasteiger partial charge is 0.0894 e. The van der Waals surface area contributed by atoms with Crippen molar-refractivity contribution in [3.05, 3.63) is 16.5 Å². The Hall–Kier alpha value is -0.500. The SMILES string of the molecule is Cc1cc(C2C3CC4CC(C3)CC2C4)c(N)s1. The molecule has 0 amide bonds. The van der Waals surface area contributed by atoms with Crippen LogP contribution in [-0.4, -0.2) is 0 Å². The lowest BCUT2D eigenvalue weighted by Gasteiger charge is -2.54. The molecule has 1 aromatic rings. The van der Waals surface area contributed by atoms with Crippen LogP contribution >= 0.6 is 11.3 Å². The van der Waals surface area contributed by atoms with Crippen molar-refractivity contribution in [2.24, 2.45) is 23.7 Å². The summed E-state index contributed by atoms with van der Waals surface area (Å²) in [6.45, 7) is 2.20. The Kier molecular flexibility index (Phi) is 2.15. The Morgan fingerprint density at radius 3 is 2.12 bits per heavy atom. The van der Waals surface area contributed by atoms with Gasteiger partial charge >= 0.3 is 0 Å². The van der Waals surface area contributed by atoms with Gasteiger partial charge in [-0.05, 0) is 80.2 Å². The third-order valence-corrected chi connectivity index (χ3v) is 6.40. The van der Waals surface area contributed by atoms with Gasteiger partial charge in [0.05, 0.1) is 5.00 Å². The molecule has 1 aromatic heterocycles. The fraction of sp³-hybridized carbons (Fsp3) is 0.733. The zero-order chi connectivity index (χ0) is 11.6. The van der Waals surface area contributed by atoms with Gasteiger partial charge in [0, 0.05) is 4.88 Å². The summed E-state index contributed by atoms with van der Waals surface area (Å²) in [6, 6.07) is 2.38. The number of nitrogen functional groups attached to an aromatic ring is 1. The van der Waals surface area contributed by atoms with Crippen LogP contribution in [0.15, 0.2) is 6.07 Å². The van der Waals surface area contributed by atoms with E-state index in [0.29, 0.717) is 0 Å². The summed E-state index contributed by atoms with van der Waals surface area (Å²) in [5.74, 6) is 4.86. The van der Waals surface area contributed by atoms with E-state index in [4.69, 9.17) is 5.73 Å². The van der Waals surface area contributed by atoms with E-state index in [0.717, 1.165) is 34.6 Å². The van der Waals surface area contributed by atoms with E-state index in [-0.39, 0.29) is 0 Å². The highest BCUT2D eigenvalue weighted by Crippen LogP contribution is 2.60. The highest BCUT2D eigenvalue weighted by molar-refractivity contribution is 7.16. The third kappa shape index (κ3) is 1.49. The molecule has 0 spiro atoms. The molecule has 0 unspecified atom stereocenters. The highest BCUT2D eigenvalue weighted by atomic mass is 32.1. The van der Waals surface area contributed by atoms with Crippen molar-refractivity contribution in [3.8, 4) is 0 Å². The lowest BCUT2D eigenvalue weighted by molar-refractivity contribution is -0.00244. The van der Waals surface area contributed by atoms with Crippen molar-refractivity contribution >= 4 is 16.3 Å². The molecule has 0 radical (unpaired) electrons.